The fourth-order valence-electron chi connectivity index (χ4n) is 1.32. The maximum absolute atomic E-state index is 11.8. The first-order valence-electron chi connectivity index (χ1n) is 5.92. The maximum atomic E-state index is 11.8. The van der Waals surface area contributed by atoms with Gasteiger partial charge in [0.1, 0.15) is 11.6 Å². The molecule has 2 amide bonds. The molecule has 7 heteroatoms. The van der Waals surface area contributed by atoms with Crippen molar-refractivity contribution in [1.29, 1.82) is 5.26 Å². The van der Waals surface area contributed by atoms with Crippen molar-refractivity contribution >= 4 is 41.3 Å². The normalized spacial score (nSPS) is 11.0. The van der Waals surface area contributed by atoms with Gasteiger partial charge in [0, 0.05) is 0 Å². The summed E-state index contributed by atoms with van der Waals surface area (Å²) in [6.07, 6.45) is 0.00730. The van der Waals surface area contributed by atoms with E-state index in [0.29, 0.717) is 15.6 Å². The van der Waals surface area contributed by atoms with Gasteiger partial charge in [0.15, 0.2) is 0 Å². The lowest BCUT2D eigenvalue weighted by molar-refractivity contribution is -0.116. The molecule has 1 rings (SSSR count). The second-order valence-corrected chi connectivity index (χ2v) is 5.07. The van der Waals surface area contributed by atoms with E-state index in [1.54, 1.807) is 26.0 Å². The number of amides is 2. The Hall–Kier alpha value is -2.03. The summed E-state index contributed by atoms with van der Waals surface area (Å²) in [5, 5.41) is 11.6. The molecule has 0 aromatic heterocycles. The van der Waals surface area contributed by atoms with E-state index < -0.39 is 12.0 Å². The van der Waals surface area contributed by atoms with Gasteiger partial charge >= 0.3 is 6.09 Å². The summed E-state index contributed by atoms with van der Waals surface area (Å²) in [4.78, 5) is 23.1. The zero-order valence-electron chi connectivity index (χ0n) is 11.3. The summed E-state index contributed by atoms with van der Waals surface area (Å²) in [5.74, 6) is -0.853. The molecule has 0 fully saturated rings. The molecule has 1 aromatic rings. The van der Waals surface area contributed by atoms with E-state index in [1.807, 2.05) is 5.32 Å². The summed E-state index contributed by atoms with van der Waals surface area (Å²) < 4.78 is 4.75. The third-order valence-corrected chi connectivity index (χ3v) is 2.92. The van der Waals surface area contributed by atoms with Crippen molar-refractivity contribution in [1.82, 2.24) is 5.32 Å². The van der Waals surface area contributed by atoms with Crippen LogP contribution in [0.3, 0.4) is 0 Å². The number of imide groups is 1. The number of rotatable bonds is 3. The van der Waals surface area contributed by atoms with Crippen molar-refractivity contribution in [3.8, 4) is 6.07 Å². The SMILES string of the molecule is CC(C)OC(=O)NC(=O)C(C#N)=Cc1ccc(Cl)c(Cl)c1. The summed E-state index contributed by atoms with van der Waals surface area (Å²) in [6, 6.07) is 6.34. The third-order valence-electron chi connectivity index (χ3n) is 2.18. The van der Waals surface area contributed by atoms with Crippen molar-refractivity contribution in [3.63, 3.8) is 0 Å². The van der Waals surface area contributed by atoms with Crippen LogP contribution in [0.1, 0.15) is 19.4 Å². The van der Waals surface area contributed by atoms with E-state index in [-0.39, 0.29) is 11.7 Å². The van der Waals surface area contributed by atoms with Gasteiger partial charge < -0.3 is 4.74 Å². The van der Waals surface area contributed by atoms with E-state index in [4.69, 9.17) is 33.2 Å². The average Bonchev–Trinajstić information content (AvgIpc) is 2.38. The highest BCUT2D eigenvalue weighted by atomic mass is 35.5. The van der Waals surface area contributed by atoms with Crippen LogP contribution < -0.4 is 5.32 Å². The van der Waals surface area contributed by atoms with Gasteiger partial charge in [-0.3, -0.25) is 10.1 Å². The highest BCUT2D eigenvalue weighted by molar-refractivity contribution is 6.42. The minimum absolute atomic E-state index is 0.255. The minimum Gasteiger partial charge on any atom is -0.447 e. The molecular formula is C14H12Cl2N2O3. The molecule has 5 nitrogen and oxygen atoms in total. The predicted octanol–water partition coefficient (Wildman–Crippen LogP) is 3.56. The topological polar surface area (TPSA) is 79.2 Å². The Morgan fingerprint density at radius 2 is 2.00 bits per heavy atom. The van der Waals surface area contributed by atoms with E-state index in [2.05, 4.69) is 0 Å². The van der Waals surface area contributed by atoms with Crippen LogP contribution in [-0.4, -0.2) is 18.1 Å². The van der Waals surface area contributed by atoms with Crippen molar-refractivity contribution in [2.24, 2.45) is 0 Å². The number of hydrogen-bond donors (Lipinski definition) is 1. The van der Waals surface area contributed by atoms with Crippen LogP contribution in [0, 0.1) is 11.3 Å². The Morgan fingerprint density at radius 1 is 1.33 bits per heavy atom. The van der Waals surface area contributed by atoms with Crippen molar-refractivity contribution in [2.75, 3.05) is 0 Å². The Morgan fingerprint density at radius 3 is 2.52 bits per heavy atom. The number of alkyl carbamates (subject to hydrolysis) is 1. The second kappa shape index (κ2) is 7.67. The summed E-state index contributed by atoms with van der Waals surface area (Å²) in [7, 11) is 0. The number of benzene rings is 1. The van der Waals surface area contributed by atoms with Gasteiger partial charge in [-0.25, -0.2) is 4.79 Å². The highest BCUT2D eigenvalue weighted by Gasteiger charge is 2.15. The van der Waals surface area contributed by atoms with Gasteiger partial charge in [0.05, 0.1) is 16.1 Å². The molecule has 1 N–H and O–H groups in total. The standard InChI is InChI=1S/C14H12Cl2N2O3/c1-8(2)21-14(20)18-13(19)10(7-17)5-9-3-4-11(15)12(16)6-9/h3-6,8H,1-2H3,(H,18,19,20). The molecule has 0 aliphatic rings. The number of hydrogen-bond acceptors (Lipinski definition) is 4. The molecule has 0 aliphatic carbocycles. The van der Waals surface area contributed by atoms with Crippen LogP contribution in [0.2, 0.25) is 10.0 Å². The maximum Gasteiger partial charge on any atom is 0.414 e. The molecule has 0 aliphatic heterocycles. The van der Waals surface area contributed by atoms with Crippen LogP contribution in [0.4, 0.5) is 4.79 Å². The van der Waals surface area contributed by atoms with Gasteiger partial charge in [0.2, 0.25) is 0 Å². The lowest BCUT2D eigenvalue weighted by Crippen LogP contribution is -2.33. The Balaban J connectivity index is 2.89. The van der Waals surface area contributed by atoms with Crippen molar-refractivity contribution < 1.29 is 14.3 Å². The molecule has 0 atom stereocenters. The molecule has 110 valence electrons. The number of nitrogens with zero attached hydrogens (tertiary/aromatic N) is 1. The predicted molar refractivity (Wildman–Crippen MR) is 79.8 cm³/mol. The Kier molecular flexibility index (Phi) is 6.22. The molecule has 0 saturated carbocycles. The summed E-state index contributed by atoms with van der Waals surface area (Å²) >= 11 is 11.6. The number of nitrogens with one attached hydrogen (secondary N) is 1. The van der Waals surface area contributed by atoms with E-state index >= 15 is 0 Å². The molecule has 21 heavy (non-hydrogen) atoms. The zero-order valence-corrected chi connectivity index (χ0v) is 12.8. The van der Waals surface area contributed by atoms with Crippen LogP contribution in [0.15, 0.2) is 23.8 Å². The number of ether oxygens (including phenoxy) is 1. The van der Waals surface area contributed by atoms with Crippen molar-refractivity contribution in [2.45, 2.75) is 20.0 Å². The van der Waals surface area contributed by atoms with Crippen LogP contribution in [-0.2, 0) is 9.53 Å². The highest BCUT2D eigenvalue weighted by Crippen LogP contribution is 2.23. The van der Waals surface area contributed by atoms with Gasteiger partial charge in [-0.15, -0.1) is 0 Å². The Labute approximate surface area is 132 Å². The van der Waals surface area contributed by atoms with Crippen LogP contribution >= 0.6 is 23.2 Å². The van der Waals surface area contributed by atoms with E-state index in [9.17, 15) is 9.59 Å². The zero-order chi connectivity index (χ0) is 16.0. The van der Waals surface area contributed by atoms with Gasteiger partial charge in [-0.2, -0.15) is 5.26 Å². The van der Waals surface area contributed by atoms with Gasteiger partial charge in [0.25, 0.3) is 5.91 Å². The molecule has 0 saturated heterocycles. The number of carbonyl (C=O) groups excluding carboxylic acids is 2. The molecular weight excluding hydrogens is 315 g/mol. The smallest absolute Gasteiger partial charge is 0.414 e. The van der Waals surface area contributed by atoms with Gasteiger partial charge in [-0.05, 0) is 37.6 Å². The fourth-order valence-corrected chi connectivity index (χ4v) is 1.63. The summed E-state index contributed by atoms with van der Waals surface area (Å²) in [5.41, 5.74) is 0.252. The number of carbonyl (C=O) groups is 2. The quantitative estimate of drug-likeness (QED) is 0.680. The van der Waals surface area contributed by atoms with Crippen LogP contribution in [0.25, 0.3) is 6.08 Å². The number of nitriles is 1. The second-order valence-electron chi connectivity index (χ2n) is 4.25. The number of halogens is 2. The lowest BCUT2D eigenvalue weighted by atomic mass is 10.1. The molecule has 0 spiro atoms. The first kappa shape index (κ1) is 17.0. The third kappa shape index (κ3) is 5.46. The van der Waals surface area contributed by atoms with Gasteiger partial charge in [-0.1, -0.05) is 29.3 Å². The van der Waals surface area contributed by atoms with E-state index in [0.717, 1.165) is 0 Å². The average molecular weight is 327 g/mol. The largest absolute Gasteiger partial charge is 0.447 e. The lowest BCUT2D eigenvalue weighted by Gasteiger charge is -2.08. The molecule has 0 heterocycles. The molecule has 1 aromatic carbocycles. The Bertz CT molecular complexity index is 634. The molecule has 0 unspecified atom stereocenters. The van der Waals surface area contributed by atoms with Crippen LogP contribution in [0.5, 0.6) is 0 Å². The molecule has 0 bridgehead atoms. The first-order chi connectivity index (χ1) is 9.83. The minimum atomic E-state index is -0.912. The fraction of sp³-hybridized carbons (Fsp3) is 0.214. The first-order valence-corrected chi connectivity index (χ1v) is 6.68. The van der Waals surface area contributed by atoms with E-state index in [1.165, 1.54) is 18.2 Å². The molecule has 0 radical (unpaired) electrons. The van der Waals surface area contributed by atoms with Crippen molar-refractivity contribution in [3.05, 3.63) is 39.4 Å². The monoisotopic (exact) mass is 326 g/mol. The summed E-state index contributed by atoms with van der Waals surface area (Å²) in [6.45, 7) is 3.28.